The van der Waals surface area contributed by atoms with E-state index in [0.29, 0.717) is 11.7 Å². The van der Waals surface area contributed by atoms with Gasteiger partial charge in [-0.1, -0.05) is 35.5 Å². The van der Waals surface area contributed by atoms with E-state index in [1.54, 1.807) is 0 Å². The van der Waals surface area contributed by atoms with Crippen molar-refractivity contribution in [2.45, 2.75) is 37.0 Å². The summed E-state index contributed by atoms with van der Waals surface area (Å²) in [5.41, 5.74) is 1.82. The van der Waals surface area contributed by atoms with Crippen molar-refractivity contribution in [1.29, 1.82) is 0 Å². The van der Waals surface area contributed by atoms with Gasteiger partial charge in [0.15, 0.2) is 0 Å². The Morgan fingerprint density at radius 3 is 2.50 bits per heavy atom. The molecule has 2 aromatic heterocycles. The summed E-state index contributed by atoms with van der Waals surface area (Å²) in [5.74, 6) is 1.82. The molecule has 3 aromatic rings. The number of hydrogen-bond acceptors (Lipinski definition) is 4. The molecule has 2 fully saturated rings. The van der Waals surface area contributed by atoms with Gasteiger partial charge in [0, 0.05) is 32.3 Å². The molecule has 28 heavy (non-hydrogen) atoms. The van der Waals surface area contributed by atoms with E-state index in [1.807, 2.05) is 53.0 Å². The highest BCUT2D eigenvalue weighted by molar-refractivity contribution is 5.91. The van der Waals surface area contributed by atoms with E-state index >= 15 is 0 Å². The minimum Gasteiger partial charge on any atom is -0.348 e. The third-order valence-electron chi connectivity index (χ3n) is 6.23. The SMILES string of the molecule is Cn1cccc1-c1noc(C2CCN(C(=O)C3(c4ccccc4)CC3)CC2)n1. The van der Waals surface area contributed by atoms with Crippen LogP contribution in [0.3, 0.4) is 0 Å². The maximum Gasteiger partial charge on any atom is 0.233 e. The molecule has 6 nitrogen and oxygen atoms in total. The van der Waals surface area contributed by atoms with Gasteiger partial charge in [0.2, 0.25) is 17.6 Å². The molecule has 1 saturated carbocycles. The number of benzene rings is 1. The summed E-state index contributed by atoms with van der Waals surface area (Å²) in [6.45, 7) is 1.50. The predicted octanol–water partition coefficient (Wildman–Crippen LogP) is 3.51. The van der Waals surface area contributed by atoms with Crippen LogP contribution in [0.25, 0.3) is 11.5 Å². The summed E-state index contributed by atoms with van der Waals surface area (Å²) in [5, 5.41) is 4.15. The standard InChI is InChI=1S/C22H24N4O2/c1-25-13-5-8-18(25)19-23-20(28-24-19)16-9-14-26(15-10-16)21(27)22(11-12-22)17-6-3-2-4-7-17/h2-8,13,16H,9-12,14-15H2,1H3. The number of likely N-dealkylation sites (tertiary alicyclic amines) is 1. The number of hydrogen-bond donors (Lipinski definition) is 0. The molecule has 1 amide bonds. The monoisotopic (exact) mass is 376 g/mol. The number of aromatic nitrogens is 3. The summed E-state index contributed by atoms with van der Waals surface area (Å²) in [4.78, 5) is 19.8. The number of piperidine rings is 1. The van der Waals surface area contributed by atoms with Gasteiger partial charge in [-0.3, -0.25) is 4.79 Å². The zero-order valence-corrected chi connectivity index (χ0v) is 16.0. The lowest BCUT2D eigenvalue weighted by atomic mass is 9.91. The lowest BCUT2D eigenvalue weighted by Crippen LogP contribution is -2.43. The number of aryl methyl sites for hydroxylation is 1. The van der Waals surface area contributed by atoms with Gasteiger partial charge in [0.25, 0.3) is 0 Å². The van der Waals surface area contributed by atoms with Crippen molar-refractivity contribution in [3.8, 4) is 11.5 Å². The summed E-state index contributed by atoms with van der Waals surface area (Å²) >= 11 is 0. The Balaban J connectivity index is 1.25. The number of rotatable bonds is 4. The molecule has 5 rings (SSSR count). The number of amides is 1. The predicted molar refractivity (Wildman–Crippen MR) is 105 cm³/mol. The van der Waals surface area contributed by atoms with Crippen molar-refractivity contribution >= 4 is 5.91 Å². The highest BCUT2D eigenvalue weighted by Crippen LogP contribution is 2.50. The van der Waals surface area contributed by atoms with Crippen LogP contribution in [0, 0.1) is 0 Å². The van der Waals surface area contributed by atoms with Crippen molar-refractivity contribution in [3.05, 3.63) is 60.1 Å². The quantitative estimate of drug-likeness (QED) is 0.699. The zero-order valence-electron chi connectivity index (χ0n) is 16.0. The van der Waals surface area contributed by atoms with Gasteiger partial charge in [-0.25, -0.2) is 0 Å². The Kier molecular flexibility index (Phi) is 4.07. The van der Waals surface area contributed by atoms with Crippen molar-refractivity contribution in [1.82, 2.24) is 19.6 Å². The van der Waals surface area contributed by atoms with Crippen LogP contribution in [0.1, 0.15) is 43.1 Å². The normalized spacial score (nSPS) is 19.0. The molecule has 1 aromatic carbocycles. The first-order chi connectivity index (χ1) is 13.7. The second-order valence-electron chi connectivity index (χ2n) is 7.98. The molecule has 1 saturated heterocycles. The van der Waals surface area contributed by atoms with Gasteiger partial charge in [-0.05, 0) is 43.4 Å². The second kappa shape index (κ2) is 6.62. The molecule has 1 aliphatic carbocycles. The van der Waals surface area contributed by atoms with Crippen molar-refractivity contribution in [2.24, 2.45) is 7.05 Å². The average molecular weight is 376 g/mol. The van der Waals surface area contributed by atoms with E-state index in [4.69, 9.17) is 4.52 Å². The van der Waals surface area contributed by atoms with E-state index in [-0.39, 0.29) is 17.2 Å². The summed E-state index contributed by atoms with van der Waals surface area (Å²) in [7, 11) is 1.97. The Bertz CT molecular complexity index is 979. The zero-order chi connectivity index (χ0) is 19.1. The maximum absolute atomic E-state index is 13.2. The molecule has 1 aliphatic heterocycles. The minimum atomic E-state index is -0.279. The molecule has 144 valence electrons. The molecule has 0 atom stereocenters. The Morgan fingerprint density at radius 2 is 1.86 bits per heavy atom. The second-order valence-corrected chi connectivity index (χ2v) is 7.98. The van der Waals surface area contributed by atoms with Gasteiger partial charge in [0.1, 0.15) is 0 Å². The molecule has 0 bridgehead atoms. The van der Waals surface area contributed by atoms with E-state index in [1.165, 1.54) is 0 Å². The summed E-state index contributed by atoms with van der Waals surface area (Å²) < 4.78 is 7.53. The van der Waals surface area contributed by atoms with Crippen molar-refractivity contribution in [3.63, 3.8) is 0 Å². The lowest BCUT2D eigenvalue weighted by Gasteiger charge is -2.33. The van der Waals surface area contributed by atoms with E-state index in [9.17, 15) is 4.79 Å². The summed E-state index contributed by atoms with van der Waals surface area (Å²) in [6, 6.07) is 14.2. The first kappa shape index (κ1) is 17.2. The first-order valence-corrected chi connectivity index (χ1v) is 9.98. The molecular formula is C22H24N4O2. The van der Waals surface area contributed by atoms with Crippen LogP contribution in [0.2, 0.25) is 0 Å². The molecule has 6 heteroatoms. The fraction of sp³-hybridized carbons (Fsp3) is 0.409. The topological polar surface area (TPSA) is 64.2 Å². The van der Waals surface area contributed by atoms with Gasteiger partial charge in [-0.15, -0.1) is 0 Å². The molecule has 0 spiro atoms. The van der Waals surface area contributed by atoms with Crippen molar-refractivity contribution in [2.75, 3.05) is 13.1 Å². The van der Waals surface area contributed by atoms with Gasteiger partial charge >= 0.3 is 0 Å². The van der Waals surface area contributed by atoms with Crippen LogP contribution >= 0.6 is 0 Å². The van der Waals surface area contributed by atoms with Crippen molar-refractivity contribution < 1.29 is 9.32 Å². The van der Waals surface area contributed by atoms with Crippen LogP contribution in [-0.4, -0.2) is 38.6 Å². The molecule has 0 unspecified atom stereocenters. The maximum atomic E-state index is 13.2. The first-order valence-electron chi connectivity index (χ1n) is 9.98. The average Bonchev–Trinajstić information content (AvgIpc) is 3.21. The largest absolute Gasteiger partial charge is 0.348 e. The van der Waals surface area contributed by atoms with E-state index in [0.717, 1.165) is 50.0 Å². The van der Waals surface area contributed by atoms with Gasteiger partial charge in [-0.2, -0.15) is 4.98 Å². The third kappa shape index (κ3) is 2.84. The molecule has 0 radical (unpaired) electrons. The number of carbonyl (C=O) groups excluding carboxylic acids is 1. The van der Waals surface area contributed by atoms with Crippen LogP contribution in [0.15, 0.2) is 53.2 Å². The smallest absolute Gasteiger partial charge is 0.233 e. The molecule has 2 aliphatic rings. The highest BCUT2D eigenvalue weighted by atomic mass is 16.5. The fourth-order valence-corrected chi connectivity index (χ4v) is 4.34. The molecule has 3 heterocycles. The highest BCUT2D eigenvalue weighted by Gasteiger charge is 2.53. The third-order valence-corrected chi connectivity index (χ3v) is 6.23. The lowest BCUT2D eigenvalue weighted by molar-refractivity contribution is -0.135. The van der Waals surface area contributed by atoms with E-state index in [2.05, 4.69) is 22.3 Å². The van der Waals surface area contributed by atoms with Crippen LogP contribution in [0.4, 0.5) is 0 Å². The number of nitrogens with zero attached hydrogens (tertiary/aromatic N) is 4. The van der Waals surface area contributed by atoms with E-state index < -0.39 is 0 Å². The Morgan fingerprint density at radius 1 is 1.11 bits per heavy atom. The molecule has 0 N–H and O–H groups in total. The van der Waals surface area contributed by atoms with Gasteiger partial charge < -0.3 is 14.0 Å². The Hall–Kier alpha value is -2.89. The Labute approximate surface area is 164 Å². The van der Waals surface area contributed by atoms with Crippen LogP contribution < -0.4 is 0 Å². The fourth-order valence-electron chi connectivity index (χ4n) is 4.34. The van der Waals surface area contributed by atoms with Crippen LogP contribution in [0.5, 0.6) is 0 Å². The number of carbonyl (C=O) groups is 1. The summed E-state index contributed by atoms with van der Waals surface area (Å²) in [6.07, 6.45) is 5.62. The molecular weight excluding hydrogens is 352 g/mol. The van der Waals surface area contributed by atoms with Gasteiger partial charge in [0.05, 0.1) is 11.1 Å². The van der Waals surface area contributed by atoms with Crippen LogP contribution in [-0.2, 0) is 17.3 Å². The minimum absolute atomic E-state index is 0.220.